The van der Waals surface area contributed by atoms with Crippen molar-refractivity contribution in [3.05, 3.63) is 23.8 Å². The van der Waals surface area contributed by atoms with E-state index in [1.54, 1.807) is 0 Å². The third-order valence-corrected chi connectivity index (χ3v) is 10.3. The highest BCUT2D eigenvalue weighted by Crippen LogP contribution is 2.44. The lowest BCUT2D eigenvalue weighted by atomic mass is 9.76. The molecular weight excluding hydrogens is 508 g/mol. The molecule has 11 nitrogen and oxygen atoms in total. The molecule has 0 amide bonds. The van der Waals surface area contributed by atoms with Crippen LogP contribution in [0.4, 0.5) is 11.4 Å². The Balaban J connectivity index is 0.894. The molecule has 5 fully saturated rings. The van der Waals surface area contributed by atoms with Crippen LogP contribution in [-0.4, -0.2) is 101 Å². The van der Waals surface area contributed by atoms with Gasteiger partial charge in [0.2, 0.25) is 0 Å². The van der Waals surface area contributed by atoms with E-state index in [1.165, 1.54) is 49.0 Å². The molecule has 4 aliphatic heterocycles. The number of anilines is 2. The second kappa shape index (κ2) is 10.9. The van der Waals surface area contributed by atoms with Crippen molar-refractivity contribution in [3.8, 4) is 0 Å². The summed E-state index contributed by atoms with van der Waals surface area (Å²) in [6, 6.07) is 7.72. The zero-order chi connectivity index (χ0) is 27.5. The molecule has 0 spiro atoms. The molecule has 8 atom stereocenters. The first-order valence-corrected chi connectivity index (χ1v) is 15.5. The number of nitrogens with two attached hydrogens (primary N) is 1. The highest BCUT2D eigenvalue weighted by Gasteiger charge is 2.52. The molecule has 7 rings (SSSR count). The van der Waals surface area contributed by atoms with Gasteiger partial charge in [-0.15, -0.1) is 0 Å². The molecular formula is C29H48N8O3. The van der Waals surface area contributed by atoms with Gasteiger partial charge >= 0.3 is 0 Å². The van der Waals surface area contributed by atoms with Gasteiger partial charge in [-0.05, 0) is 81.9 Å². The number of aliphatic hydroxyl groups is 2. The minimum atomic E-state index is -0.961. The van der Waals surface area contributed by atoms with Crippen LogP contribution in [0.25, 0.3) is 0 Å². The summed E-state index contributed by atoms with van der Waals surface area (Å²) in [7, 11) is 0. The third kappa shape index (κ3) is 5.14. The third-order valence-electron chi connectivity index (χ3n) is 10.3. The van der Waals surface area contributed by atoms with Gasteiger partial charge in [-0.25, -0.2) is 4.90 Å². The van der Waals surface area contributed by atoms with E-state index in [2.05, 4.69) is 68.4 Å². The standard InChI is InChI=1S/C29H48N8O3/c1-15(2)36(12-22-25(38)26(39)29(40-22)37-14-33-24-27(30)31-13-32-28(24)37)19-9-16(10-19)3-8-23-34-20-7-6-18(17-4-5-17)11-21(20)35-23/h6-7,11,15-17,19,22-29,31-35,38-39H,3-5,8-10,12-14,30H2,1-2H3. The molecule has 1 aromatic rings. The summed E-state index contributed by atoms with van der Waals surface area (Å²) in [4.78, 5) is 4.54. The highest BCUT2D eigenvalue weighted by molar-refractivity contribution is 5.75. The largest absolute Gasteiger partial charge is 0.387 e. The number of fused-ring (bicyclic) bond motifs is 2. The Morgan fingerprint density at radius 2 is 1.85 bits per heavy atom. The number of hydrogen-bond acceptors (Lipinski definition) is 11. The van der Waals surface area contributed by atoms with E-state index in [0.29, 0.717) is 38.1 Å². The van der Waals surface area contributed by atoms with Crippen molar-refractivity contribution < 1.29 is 14.9 Å². The van der Waals surface area contributed by atoms with Crippen LogP contribution in [0.5, 0.6) is 0 Å². The van der Waals surface area contributed by atoms with Gasteiger partial charge in [0, 0.05) is 25.3 Å². The van der Waals surface area contributed by atoms with E-state index < -0.39 is 24.5 Å². The van der Waals surface area contributed by atoms with Crippen molar-refractivity contribution in [1.82, 2.24) is 25.8 Å². The maximum atomic E-state index is 11.0. The van der Waals surface area contributed by atoms with Crippen LogP contribution in [-0.2, 0) is 4.74 Å². The lowest BCUT2D eigenvalue weighted by Gasteiger charge is -2.46. The molecule has 6 aliphatic rings. The molecule has 222 valence electrons. The van der Waals surface area contributed by atoms with Gasteiger partial charge in [0.05, 0.1) is 42.6 Å². The van der Waals surface area contributed by atoms with Crippen molar-refractivity contribution in [2.75, 3.05) is 30.5 Å². The van der Waals surface area contributed by atoms with Gasteiger partial charge in [-0.2, -0.15) is 0 Å². The van der Waals surface area contributed by atoms with E-state index in [0.717, 1.165) is 18.3 Å². The minimum absolute atomic E-state index is 0.0174. The number of rotatable bonds is 9. The van der Waals surface area contributed by atoms with Crippen LogP contribution in [0.15, 0.2) is 18.2 Å². The first-order chi connectivity index (χ1) is 19.4. The highest BCUT2D eigenvalue weighted by atomic mass is 16.6. The molecule has 40 heavy (non-hydrogen) atoms. The average Bonchev–Trinajstić information content (AvgIpc) is 3.45. The van der Waals surface area contributed by atoms with Gasteiger partial charge < -0.3 is 31.3 Å². The fourth-order valence-corrected chi connectivity index (χ4v) is 7.64. The summed E-state index contributed by atoms with van der Waals surface area (Å²) in [5.41, 5.74) is 10.2. The van der Waals surface area contributed by atoms with E-state index >= 15 is 0 Å². The number of ether oxygens (including phenoxy) is 1. The molecule has 0 radical (unpaired) electrons. The maximum absolute atomic E-state index is 11.0. The van der Waals surface area contributed by atoms with Crippen LogP contribution >= 0.6 is 0 Å². The Kier molecular flexibility index (Phi) is 7.47. The van der Waals surface area contributed by atoms with Crippen molar-refractivity contribution >= 4 is 11.4 Å². The van der Waals surface area contributed by atoms with Crippen molar-refractivity contribution in [2.45, 2.75) is 119 Å². The molecule has 8 unspecified atom stereocenters. The first-order valence-electron chi connectivity index (χ1n) is 15.5. The minimum Gasteiger partial charge on any atom is -0.387 e. The number of hydrogen-bond donors (Lipinski definition) is 8. The average molecular weight is 557 g/mol. The molecule has 4 heterocycles. The van der Waals surface area contributed by atoms with Crippen LogP contribution in [0.3, 0.4) is 0 Å². The van der Waals surface area contributed by atoms with Gasteiger partial charge in [-0.1, -0.05) is 6.07 Å². The lowest BCUT2D eigenvalue weighted by Crippen LogP contribution is -2.68. The van der Waals surface area contributed by atoms with Crippen LogP contribution in [0.2, 0.25) is 0 Å². The second-order valence-electron chi connectivity index (χ2n) is 13.3. The summed E-state index contributed by atoms with van der Waals surface area (Å²) < 4.78 is 6.38. The molecule has 1 aromatic carbocycles. The Morgan fingerprint density at radius 3 is 2.62 bits per heavy atom. The monoisotopic (exact) mass is 556 g/mol. The zero-order valence-corrected chi connectivity index (χ0v) is 23.8. The predicted molar refractivity (Wildman–Crippen MR) is 154 cm³/mol. The molecule has 2 aliphatic carbocycles. The number of aliphatic hydroxyl groups excluding tert-OH is 2. The molecule has 9 N–H and O–H groups in total. The van der Waals surface area contributed by atoms with Crippen molar-refractivity contribution in [2.24, 2.45) is 11.7 Å². The van der Waals surface area contributed by atoms with E-state index in [-0.39, 0.29) is 18.4 Å². The van der Waals surface area contributed by atoms with Gasteiger partial charge in [-0.3, -0.25) is 20.9 Å². The lowest BCUT2D eigenvalue weighted by molar-refractivity contribution is -0.112. The molecule has 0 aromatic heterocycles. The maximum Gasteiger partial charge on any atom is 0.142 e. The van der Waals surface area contributed by atoms with Crippen LogP contribution < -0.4 is 32.3 Å². The molecule has 11 heteroatoms. The summed E-state index contributed by atoms with van der Waals surface area (Å²) in [5.74, 6) is 1.50. The predicted octanol–water partition coefficient (Wildman–Crippen LogP) is 0.436. The summed E-state index contributed by atoms with van der Waals surface area (Å²) >= 11 is 0. The molecule has 0 bridgehead atoms. The summed E-state index contributed by atoms with van der Waals surface area (Å²) in [5, 5.41) is 39.4. The first kappa shape index (κ1) is 27.3. The van der Waals surface area contributed by atoms with Crippen LogP contribution in [0.1, 0.15) is 63.9 Å². The molecule has 3 saturated heterocycles. The topological polar surface area (TPSA) is 142 Å². The Hall–Kier alpha value is -1.54. The SMILES string of the molecule is CC(C)N(CC1OC(N2CNC3C(N)NCNC32)C(O)C1O)C1CC(CCC2Nc3ccc(C4CC4)cc3N2)C1. The summed E-state index contributed by atoms with van der Waals surface area (Å²) in [6.45, 7) is 6.21. The van der Waals surface area contributed by atoms with Crippen LogP contribution in [0, 0.1) is 5.92 Å². The van der Waals surface area contributed by atoms with E-state index in [9.17, 15) is 10.2 Å². The fraction of sp³-hybridized carbons (Fsp3) is 0.793. The Labute approximate surface area is 237 Å². The normalized spacial score (nSPS) is 41.1. The number of nitrogens with zero attached hydrogens (tertiary/aromatic N) is 2. The second-order valence-corrected chi connectivity index (χ2v) is 13.3. The summed E-state index contributed by atoms with van der Waals surface area (Å²) in [6.07, 6.45) is 4.55. The van der Waals surface area contributed by atoms with Crippen molar-refractivity contribution in [3.63, 3.8) is 0 Å². The Bertz CT molecular complexity index is 1050. The number of benzene rings is 1. The Morgan fingerprint density at radius 1 is 1.05 bits per heavy atom. The number of nitrogens with one attached hydrogen (secondary N) is 5. The van der Waals surface area contributed by atoms with Crippen molar-refractivity contribution in [1.29, 1.82) is 0 Å². The quantitative estimate of drug-likeness (QED) is 0.215. The smallest absolute Gasteiger partial charge is 0.142 e. The van der Waals surface area contributed by atoms with Gasteiger partial charge in [0.1, 0.15) is 24.5 Å². The van der Waals surface area contributed by atoms with Gasteiger partial charge in [0.25, 0.3) is 0 Å². The molecule has 2 saturated carbocycles. The van der Waals surface area contributed by atoms with Gasteiger partial charge in [0.15, 0.2) is 0 Å². The zero-order valence-electron chi connectivity index (χ0n) is 23.8. The van der Waals surface area contributed by atoms with E-state index in [4.69, 9.17) is 10.5 Å². The fourth-order valence-electron chi connectivity index (χ4n) is 7.64. The van der Waals surface area contributed by atoms with E-state index in [1.807, 2.05) is 0 Å².